The summed E-state index contributed by atoms with van der Waals surface area (Å²) in [6, 6.07) is 0.928. The number of hydrogen-bond acceptors (Lipinski definition) is 2. The number of carbonyl (C=O) groups is 1. The zero-order chi connectivity index (χ0) is 13.5. The van der Waals surface area contributed by atoms with Crippen molar-refractivity contribution < 1.29 is 18.0 Å². The average Bonchev–Trinajstić information content (AvgIpc) is 2.56. The molecule has 0 aliphatic carbocycles. The molecular formula is C10H7Br2F3N2O. The minimum atomic E-state index is -4.44. The number of alkyl halides is 4. The monoisotopic (exact) mass is 386 g/mol. The summed E-state index contributed by atoms with van der Waals surface area (Å²) in [5, 5.41) is 0. The molecule has 1 aliphatic rings. The van der Waals surface area contributed by atoms with Crippen LogP contribution >= 0.6 is 31.9 Å². The van der Waals surface area contributed by atoms with E-state index in [0.29, 0.717) is 13.0 Å². The van der Waals surface area contributed by atoms with Gasteiger partial charge in [-0.2, -0.15) is 13.2 Å². The Morgan fingerprint density at radius 1 is 1.44 bits per heavy atom. The minimum Gasteiger partial charge on any atom is -0.295 e. The van der Waals surface area contributed by atoms with Crippen LogP contribution in [0.3, 0.4) is 0 Å². The average molecular weight is 388 g/mol. The van der Waals surface area contributed by atoms with Gasteiger partial charge in [0.25, 0.3) is 0 Å². The molecule has 1 aromatic rings. The Morgan fingerprint density at radius 3 is 2.56 bits per heavy atom. The van der Waals surface area contributed by atoms with Crippen molar-refractivity contribution in [1.29, 1.82) is 0 Å². The van der Waals surface area contributed by atoms with Crippen molar-refractivity contribution in [3.63, 3.8) is 0 Å². The quantitative estimate of drug-likeness (QED) is 0.692. The first-order valence-electron chi connectivity index (χ1n) is 4.96. The molecule has 0 N–H and O–H groups in total. The number of rotatable bonds is 1. The molecule has 0 spiro atoms. The molecule has 18 heavy (non-hydrogen) atoms. The van der Waals surface area contributed by atoms with Gasteiger partial charge in [-0.05, 0) is 22.0 Å². The Morgan fingerprint density at radius 2 is 2.11 bits per heavy atom. The molecule has 1 aromatic heterocycles. The maximum absolute atomic E-state index is 12.5. The highest BCUT2D eigenvalue weighted by atomic mass is 79.9. The normalized spacial score (nSPS) is 20.6. The molecule has 0 saturated carbocycles. The van der Waals surface area contributed by atoms with E-state index in [-0.39, 0.29) is 21.0 Å². The summed E-state index contributed by atoms with van der Waals surface area (Å²) >= 11 is 6.33. The summed E-state index contributed by atoms with van der Waals surface area (Å²) in [5.41, 5.74) is -0.847. The van der Waals surface area contributed by atoms with Crippen molar-refractivity contribution in [2.24, 2.45) is 0 Å². The second kappa shape index (κ2) is 4.80. The van der Waals surface area contributed by atoms with E-state index >= 15 is 0 Å². The van der Waals surface area contributed by atoms with E-state index < -0.39 is 11.7 Å². The van der Waals surface area contributed by atoms with E-state index in [1.807, 2.05) is 0 Å². The molecule has 1 saturated heterocycles. The van der Waals surface area contributed by atoms with Crippen LogP contribution in [0.4, 0.5) is 19.0 Å². The summed E-state index contributed by atoms with van der Waals surface area (Å²) in [4.78, 5) is 16.7. The van der Waals surface area contributed by atoms with Crippen LogP contribution in [0.5, 0.6) is 0 Å². The third-order valence-electron chi connectivity index (χ3n) is 2.48. The van der Waals surface area contributed by atoms with Crippen LogP contribution < -0.4 is 4.90 Å². The maximum Gasteiger partial charge on any atom is 0.417 e. The number of anilines is 1. The minimum absolute atomic E-state index is 0.000919. The standard InChI is InChI=1S/C10H7Br2F3N2O/c11-6-2-8(18)17(4-6)9-7(12)1-5(3-16-9)10(13,14)15/h1,3,6H,2,4H2. The zero-order valence-electron chi connectivity index (χ0n) is 8.84. The molecule has 1 atom stereocenters. The second-order valence-electron chi connectivity index (χ2n) is 3.83. The van der Waals surface area contributed by atoms with Gasteiger partial charge in [0, 0.05) is 24.0 Å². The Kier molecular flexibility index (Phi) is 3.68. The molecule has 98 valence electrons. The summed E-state index contributed by atoms with van der Waals surface area (Å²) in [5.74, 6) is 0.0554. The number of halogens is 5. The van der Waals surface area contributed by atoms with Crippen LogP contribution in [-0.4, -0.2) is 22.3 Å². The molecule has 2 rings (SSSR count). The van der Waals surface area contributed by atoms with Crippen LogP contribution in [-0.2, 0) is 11.0 Å². The fraction of sp³-hybridized carbons (Fsp3) is 0.400. The molecule has 0 radical (unpaired) electrons. The van der Waals surface area contributed by atoms with E-state index in [0.717, 1.165) is 12.3 Å². The van der Waals surface area contributed by atoms with Gasteiger partial charge in [0.05, 0.1) is 10.0 Å². The molecule has 1 unspecified atom stereocenters. The summed E-state index contributed by atoms with van der Waals surface area (Å²) in [7, 11) is 0. The number of hydrogen-bond donors (Lipinski definition) is 0. The van der Waals surface area contributed by atoms with Crippen LogP contribution in [0.2, 0.25) is 0 Å². The van der Waals surface area contributed by atoms with Gasteiger partial charge in [-0.1, -0.05) is 15.9 Å². The third-order valence-corrected chi connectivity index (χ3v) is 3.68. The van der Waals surface area contributed by atoms with E-state index in [4.69, 9.17) is 0 Å². The Hall–Kier alpha value is -0.630. The van der Waals surface area contributed by atoms with Crippen molar-refractivity contribution in [3.05, 3.63) is 22.3 Å². The lowest BCUT2D eigenvalue weighted by Crippen LogP contribution is -2.26. The molecule has 1 fully saturated rings. The highest BCUT2D eigenvalue weighted by Gasteiger charge is 2.34. The number of aromatic nitrogens is 1. The van der Waals surface area contributed by atoms with Crippen LogP contribution in [0, 0.1) is 0 Å². The Labute approximate surface area is 118 Å². The van der Waals surface area contributed by atoms with Gasteiger partial charge in [0.15, 0.2) is 0 Å². The van der Waals surface area contributed by atoms with Crippen molar-refractivity contribution in [3.8, 4) is 0 Å². The lowest BCUT2D eigenvalue weighted by atomic mass is 10.2. The van der Waals surface area contributed by atoms with Crippen LogP contribution in [0.25, 0.3) is 0 Å². The molecular weight excluding hydrogens is 381 g/mol. The molecule has 0 aromatic carbocycles. The lowest BCUT2D eigenvalue weighted by Gasteiger charge is -2.17. The fourth-order valence-corrected chi connectivity index (χ4v) is 2.78. The zero-order valence-corrected chi connectivity index (χ0v) is 12.0. The van der Waals surface area contributed by atoms with Crippen molar-refractivity contribution in [1.82, 2.24) is 4.98 Å². The summed E-state index contributed by atoms with van der Waals surface area (Å²) in [6.45, 7) is 0.399. The van der Waals surface area contributed by atoms with Gasteiger partial charge in [-0.15, -0.1) is 0 Å². The van der Waals surface area contributed by atoms with Crippen molar-refractivity contribution >= 4 is 43.6 Å². The van der Waals surface area contributed by atoms with Crippen LogP contribution in [0.1, 0.15) is 12.0 Å². The van der Waals surface area contributed by atoms with E-state index in [9.17, 15) is 18.0 Å². The Balaban J connectivity index is 2.34. The Bertz CT molecular complexity index is 493. The molecule has 1 amide bonds. The first kappa shape index (κ1) is 13.8. The topological polar surface area (TPSA) is 33.2 Å². The van der Waals surface area contributed by atoms with E-state index in [2.05, 4.69) is 36.8 Å². The molecule has 0 bridgehead atoms. The van der Waals surface area contributed by atoms with Gasteiger partial charge in [-0.3, -0.25) is 9.69 Å². The van der Waals surface area contributed by atoms with Gasteiger partial charge in [-0.25, -0.2) is 4.98 Å². The van der Waals surface area contributed by atoms with Crippen molar-refractivity contribution in [2.45, 2.75) is 17.4 Å². The largest absolute Gasteiger partial charge is 0.417 e. The van der Waals surface area contributed by atoms with Gasteiger partial charge in [0.2, 0.25) is 5.91 Å². The second-order valence-corrected chi connectivity index (χ2v) is 5.98. The SMILES string of the molecule is O=C1CC(Br)CN1c1ncc(C(F)(F)F)cc1Br. The number of nitrogens with zero attached hydrogens (tertiary/aromatic N) is 2. The smallest absolute Gasteiger partial charge is 0.295 e. The van der Waals surface area contributed by atoms with Crippen molar-refractivity contribution in [2.75, 3.05) is 11.4 Å². The first-order chi connectivity index (χ1) is 8.29. The lowest BCUT2D eigenvalue weighted by molar-refractivity contribution is -0.137. The number of amides is 1. The molecule has 8 heteroatoms. The summed E-state index contributed by atoms with van der Waals surface area (Å²) in [6.07, 6.45) is -3.40. The highest BCUT2D eigenvalue weighted by molar-refractivity contribution is 9.10. The van der Waals surface area contributed by atoms with Crippen LogP contribution in [0.15, 0.2) is 16.7 Å². The van der Waals surface area contributed by atoms with Gasteiger partial charge < -0.3 is 0 Å². The molecule has 2 heterocycles. The number of pyridine rings is 1. The van der Waals surface area contributed by atoms with Gasteiger partial charge in [0.1, 0.15) is 5.82 Å². The highest BCUT2D eigenvalue weighted by Crippen LogP contribution is 2.35. The predicted octanol–water partition coefficient (Wildman–Crippen LogP) is 3.36. The number of carbonyl (C=O) groups excluding carboxylic acids is 1. The first-order valence-corrected chi connectivity index (χ1v) is 6.67. The van der Waals surface area contributed by atoms with Gasteiger partial charge >= 0.3 is 6.18 Å². The third kappa shape index (κ3) is 2.69. The van der Waals surface area contributed by atoms with E-state index in [1.54, 1.807) is 0 Å². The summed E-state index contributed by atoms with van der Waals surface area (Å²) < 4.78 is 37.6. The van der Waals surface area contributed by atoms with E-state index in [1.165, 1.54) is 4.90 Å². The fourth-order valence-electron chi connectivity index (χ4n) is 1.65. The molecule has 3 nitrogen and oxygen atoms in total. The maximum atomic E-state index is 12.5. The predicted molar refractivity (Wildman–Crippen MR) is 66.6 cm³/mol. The molecule has 1 aliphatic heterocycles.